The van der Waals surface area contributed by atoms with Crippen LogP contribution in [0.5, 0.6) is 11.5 Å². The van der Waals surface area contributed by atoms with E-state index in [1.165, 1.54) is 0 Å². The molecule has 0 saturated carbocycles. The van der Waals surface area contributed by atoms with Crippen LogP contribution >= 0.6 is 0 Å². The van der Waals surface area contributed by atoms with Gasteiger partial charge in [0.15, 0.2) is 0 Å². The number of nitrogens with zero attached hydrogens (tertiary/aromatic N) is 1. The SMILES string of the molecule is CCCOc1ccc2c(c1)OCC(C(=O)N1CCCC(C(N)=O)C1)=C2. The summed E-state index contributed by atoms with van der Waals surface area (Å²) in [5, 5.41) is 0. The third-order valence-corrected chi connectivity index (χ3v) is 4.56. The molecule has 2 heterocycles. The first kappa shape index (κ1) is 17.3. The number of nitrogens with two attached hydrogens (primary N) is 1. The topological polar surface area (TPSA) is 81.9 Å². The van der Waals surface area contributed by atoms with E-state index in [1.54, 1.807) is 4.90 Å². The first-order valence-corrected chi connectivity index (χ1v) is 8.77. The van der Waals surface area contributed by atoms with Crippen molar-refractivity contribution < 1.29 is 19.1 Å². The van der Waals surface area contributed by atoms with Gasteiger partial charge in [-0.15, -0.1) is 0 Å². The summed E-state index contributed by atoms with van der Waals surface area (Å²) in [5.74, 6) is 0.815. The van der Waals surface area contributed by atoms with Crippen molar-refractivity contribution in [1.82, 2.24) is 4.90 Å². The molecule has 1 saturated heterocycles. The standard InChI is InChI=1S/C19H24N2O4/c1-2-8-24-16-6-5-13-9-15(12-25-17(13)10-16)19(23)21-7-3-4-14(11-21)18(20)22/h5-6,9-10,14H,2-4,7-8,11-12H2,1H3,(H2,20,22). The molecule has 3 rings (SSSR count). The van der Waals surface area contributed by atoms with Gasteiger partial charge in [-0.05, 0) is 37.5 Å². The van der Waals surface area contributed by atoms with Crippen LogP contribution in [-0.4, -0.2) is 43.0 Å². The minimum atomic E-state index is -0.337. The monoisotopic (exact) mass is 344 g/mol. The van der Waals surface area contributed by atoms with Crippen molar-refractivity contribution in [2.24, 2.45) is 11.7 Å². The summed E-state index contributed by atoms with van der Waals surface area (Å²) in [4.78, 5) is 25.8. The highest BCUT2D eigenvalue weighted by Crippen LogP contribution is 2.31. The molecule has 0 radical (unpaired) electrons. The van der Waals surface area contributed by atoms with Crippen LogP contribution in [-0.2, 0) is 9.59 Å². The minimum Gasteiger partial charge on any atom is -0.493 e. The zero-order valence-corrected chi connectivity index (χ0v) is 14.5. The average molecular weight is 344 g/mol. The minimum absolute atomic E-state index is 0.0806. The summed E-state index contributed by atoms with van der Waals surface area (Å²) in [6, 6.07) is 5.63. The first-order valence-electron chi connectivity index (χ1n) is 8.77. The average Bonchev–Trinajstić information content (AvgIpc) is 2.65. The lowest BCUT2D eigenvalue weighted by atomic mass is 9.96. The van der Waals surface area contributed by atoms with Gasteiger partial charge < -0.3 is 20.1 Å². The van der Waals surface area contributed by atoms with E-state index in [-0.39, 0.29) is 24.3 Å². The second-order valence-electron chi connectivity index (χ2n) is 6.50. The van der Waals surface area contributed by atoms with Gasteiger partial charge in [0, 0.05) is 24.7 Å². The van der Waals surface area contributed by atoms with Gasteiger partial charge in [-0.2, -0.15) is 0 Å². The third kappa shape index (κ3) is 3.95. The molecule has 1 fully saturated rings. The highest BCUT2D eigenvalue weighted by atomic mass is 16.5. The highest BCUT2D eigenvalue weighted by molar-refractivity contribution is 5.99. The van der Waals surface area contributed by atoms with Crippen molar-refractivity contribution in [2.45, 2.75) is 26.2 Å². The molecule has 0 bridgehead atoms. The molecule has 134 valence electrons. The summed E-state index contributed by atoms with van der Waals surface area (Å²) >= 11 is 0. The van der Waals surface area contributed by atoms with Crippen molar-refractivity contribution in [3.05, 3.63) is 29.3 Å². The molecule has 0 aliphatic carbocycles. The zero-order chi connectivity index (χ0) is 17.8. The number of fused-ring (bicyclic) bond motifs is 1. The zero-order valence-electron chi connectivity index (χ0n) is 14.5. The van der Waals surface area contributed by atoms with E-state index in [0.29, 0.717) is 25.3 Å². The van der Waals surface area contributed by atoms with Gasteiger partial charge in [0.1, 0.15) is 18.1 Å². The third-order valence-electron chi connectivity index (χ3n) is 4.56. The molecule has 2 amide bonds. The predicted octanol–water partition coefficient (Wildman–Crippen LogP) is 1.98. The highest BCUT2D eigenvalue weighted by Gasteiger charge is 2.29. The Labute approximate surface area is 147 Å². The molecule has 1 aromatic carbocycles. The van der Waals surface area contributed by atoms with Gasteiger partial charge in [-0.25, -0.2) is 0 Å². The summed E-state index contributed by atoms with van der Waals surface area (Å²) in [6.45, 7) is 3.98. The van der Waals surface area contributed by atoms with Crippen LogP contribution in [0.25, 0.3) is 6.08 Å². The summed E-state index contributed by atoms with van der Waals surface area (Å²) < 4.78 is 11.4. The Morgan fingerprint density at radius 2 is 2.24 bits per heavy atom. The Bertz CT molecular complexity index is 699. The fraction of sp³-hybridized carbons (Fsp3) is 0.474. The molecule has 0 aromatic heterocycles. The number of likely N-dealkylation sites (tertiary alicyclic amines) is 1. The molecule has 2 N–H and O–H groups in total. The van der Waals surface area contributed by atoms with Crippen LogP contribution in [0.1, 0.15) is 31.7 Å². The van der Waals surface area contributed by atoms with Crippen LogP contribution in [0.2, 0.25) is 0 Å². The Hall–Kier alpha value is -2.50. The van der Waals surface area contributed by atoms with E-state index in [2.05, 4.69) is 6.92 Å². The maximum Gasteiger partial charge on any atom is 0.253 e. The van der Waals surface area contributed by atoms with E-state index in [4.69, 9.17) is 15.2 Å². The van der Waals surface area contributed by atoms with Gasteiger partial charge in [0.25, 0.3) is 5.91 Å². The number of hydrogen-bond donors (Lipinski definition) is 1. The van der Waals surface area contributed by atoms with Crippen LogP contribution in [0.15, 0.2) is 23.8 Å². The van der Waals surface area contributed by atoms with Crippen LogP contribution in [0.3, 0.4) is 0 Å². The smallest absolute Gasteiger partial charge is 0.253 e. The lowest BCUT2D eigenvalue weighted by molar-refractivity contribution is -0.131. The Morgan fingerprint density at radius 3 is 3.00 bits per heavy atom. The number of hydrogen-bond acceptors (Lipinski definition) is 4. The maximum absolute atomic E-state index is 12.7. The largest absolute Gasteiger partial charge is 0.493 e. The quantitative estimate of drug-likeness (QED) is 0.885. The summed E-state index contributed by atoms with van der Waals surface area (Å²) in [7, 11) is 0. The van der Waals surface area contributed by atoms with Gasteiger partial charge in [0.05, 0.1) is 18.1 Å². The van der Waals surface area contributed by atoms with Crippen molar-refractivity contribution in [2.75, 3.05) is 26.3 Å². The number of amides is 2. The predicted molar refractivity (Wildman–Crippen MR) is 94.2 cm³/mol. The second kappa shape index (κ2) is 7.59. The fourth-order valence-electron chi connectivity index (χ4n) is 3.17. The molecule has 1 unspecified atom stereocenters. The van der Waals surface area contributed by atoms with E-state index in [0.717, 1.165) is 36.3 Å². The van der Waals surface area contributed by atoms with E-state index in [1.807, 2.05) is 24.3 Å². The molecule has 1 atom stereocenters. The number of ether oxygens (including phenoxy) is 2. The molecule has 1 aromatic rings. The van der Waals surface area contributed by atoms with Crippen molar-refractivity contribution >= 4 is 17.9 Å². The van der Waals surface area contributed by atoms with Crippen LogP contribution < -0.4 is 15.2 Å². The molecule has 2 aliphatic heterocycles. The van der Waals surface area contributed by atoms with Crippen LogP contribution in [0, 0.1) is 5.92 Å². The number of benzene rings is 1. The second-order valence-corrected chi connectivity index (χ2v) is 6.50. The van der Waals surface area contributed by atoms with Crippen molar-refractivity contribution in [1.29, 1.82) is 0 Å². The Morgan fingerprint density at radius 1 is 1.40 bits per heavy atom. The summed E-state index contributed by atoms with van der Waals surface area (Å²) in [6.07, 6.45) is 4.34. The van der Waals surface area contributed by atoms with Crippen molar-refractivity contribution in [3.8, 4) is 11.5 Å². The Kier molecular flexibility index (Phi) is 5.26. The first-order chi connectivity index (χ1) is 12.1. The fourth-order valence-corrected chi connectivity index (χ4v) is 3.17. The van der Waals surface area contributed by atoms with Crippen LogP contribution in [0.4, 0.5) is 0 Å². The molecule has 0 spiro atoms. The number of carbonyl (C=O) groups is 2. The maximum atomic E-state index is 12.7. The van der Waals surface area contributed by atoms with E-state index in [9.17, 15) is 9.59 Å². The summed E-state index contributed by atoms with van der Waals surface area (Å²) in [5.41, 5.74) is 6.85. The molecule has 2 aliphatic rings. The van der Waals surface area contributed by atoms with Gasteiger partial charge >= 0.3 is 0 Å². The molecule has 6 nitrogen and oxygen atoms in total. The molecule has 25 heavy (non-hydrogen) atoms. The number of primary amides is 1. The Balaban J connectivity index is 1.72. The lowest BCUT2D eigenvalue weighted by Crippen LogP contribution is -2.45. The number of piperidine rings is 1. The number of carbonyl (C=O) groups excluding carboxylic acids is 2. The normalized spacial score (nSPS) is 19.5. The van der Waals surface area contributed by atoms with Crippen molar-refractivity contribution in [3.63, 3.8) is 0 Å². The molecule has 6 heteroatoms. The number of rotatable bonds is 5. The lowest BCUT2D eigenvalue weighted by Gasteiger charge is -2.32. The van der Waals surface area contributed by atoms with Gasteiger partial charge in [-0.3, -0.25) is 9.59 Å². The van der Waals surface area contributed by atoms with E-state index < -0.39 is 0 Å². The van der Waals surface area contributed by atoms with E-state index >= 15 is 0 Å². The molecular weight excluding hydrogens is 320 g/mol. The van der Waals surface area contributed by atoms with Gasteiger partial charge in [0.2, 0.25) is 5.91 Å². The van der Waals surface area contributed by atoms with Gasteiger partial charge in [-0.1, -0.05) is 6.92 Å². The molecular formula is C19H24N2O4.